The second-order valence-electron chi connectivity index (χ2n) is 7.86. The largest absolute Gasteiger partial charge is 0.493 e. The Morgan fingerprint density at radius 2 is 2.32 bits per heavy atom. The summed E-state index contributed by atoms with van der Waals surface area (Å²) in [6.45, 7) is 1.18. The van der Waals surface area contributed by atoms with E-state index >= 15 is 0 Å². The van der Waals surface area contributed by atoms with E-state index in [1.165, 1.54) is 0 Å². The monoisotopic (exact) mass is 380 g/mol. The Labute approximate surface area is 164 Å². The molecule has 0 radical (unpaired) electrons. The Bertz CT molecular complexity index is 919. The lowest BCUT2D eigenvalue weighted by Crippen LogP contribution is -2.43. The minimum absolute atomic E-state index is 0.0649. The fourth-order valence-corrected chi connectivity index (χ4v) is 4.92. The zero-order chi connectivity index (χ0) is 19.3. The molecule has 1 unspecified atom stereocenters. The van der Waals surface area contributed by atoms with E-state index in [2.05, 4.69) is 11.4 Å². The van der Waals surface area contributed by atoms with Crippen LogP contribution in [0.5, 0.6) is 11.5 Å². The van der Waals surface area contributed by atoms with E-state index in [9.17, 15) is 9.90 Å². The van der Waals surface area contributed by atoms with E-state index in [4.69, 9.17) is 9.47 Å². The second-order valence-corrected chi connectivity index (χ2v) is 7.86. The molecule has 5 rings (SSSR count). The van der Waals surface area contributed by atoms with Crippen LogP contribution < -0.4 is 14.8 Å². The Balaban J connectivity index is 1.57. The Morgan fingerprint density at radius 1 is 1.43 bits per heavy atom. The maximum absolute atomic E-state index is 13.1. The maximum atomic E-state index is 13.1. The lowest BCUT2D eigenvalue weighted by Gasteiger charge is -2.35. The third kappa shape index (κ3) is 2.48. The van der Waals surface area contributed by atoms with Gasteiger partial charge in [-0.2, -0.15) is 0 Å². The Kier molecular flexibility index (Phi) is 3.98. The van der Waals surface area contributed by atoms with Crippen LogP contribution in [0.3, 0.4) is 0 Å². The number of aliphatic hydroxyl groups excluding tert-OH is 1. The molecule has 0 saturated carbocycles. The number of hydrogen-bond donors (Lipinski definition) is 2. The van der Waals surface area contributed by atoms with E-state index in [1.807, 2.05) is 35.4 Å². The van der Waals surface area contributed by atoms with Crippen LogP contribution in [0.2, 0.25) is 0 Å². The standard InChI is InChI=1S/C22H24N2O4/c1-27-17-5-4-15-13-24(21(26)14-3-2-9-23-12-14)10-8-22-7-6-16(25)11-18(22)28-20(17)19(15)22/h2,4-7,9,12,16,18,23,25H,3,8,10-11,13H2,1H3/t16-,18-,22?/m0/s1. The van der Waals surface area contributed by atoms with Crippen molar-refractivity contribution in [1.82, 2.24) is 10.2 Å². The third-order valence-electron chi connectivity index (χ3n) is 6.33. The first-order valence-corrected chi connectivity index (χ1v) is 9.76. The number of carbonyl (C=O) groups excluding carboxylic acids is 1. The summed E-state index contributed by atoms with van der Waals surface area (Å²) in [6, 6.07) is 3.96. The number of hydrogen-bond acceptors (Lipinski definition) is 5. The van der Waals surface area contributed by atoms with Crippen LogP contribution in [-0.4, -0.2) is 41.8 Å². The molecule has 2 N–H and O–H groups in total. The van der Waals surface area contributed by atoms with Crippen molar-refractivity contribution in [1.29, 1.82) is 0 Å². The predicted molar refractivity (Wildman–Crippen MR) is 104 cm³/mol. The molecule has 3 aliphatic heterocycles. The van der Waals surface area contributed by atoms with E-state index in [0.717, 1.165) is 28.9 Å². The van der Waals surface area contributed by atoms with Gasteiger partial charge in [-0.15, -0.1) is 0 Å². The summed E-state index contributed by atoms with van der Waals surface area (Å²) in [5.41, 5.74) is 2.65. The van der Waals surface area contributed by atoms with Crippen LogP contribution in [0.25, 0.3) is 0 Å². The van der Waals surface area contributed by atoms with Crippen LogP contribution in [0.15, 0.2) is 48.3 Å². The van der Waals surface area contributed by atoms with Crippen molar-refractivity contribution < 1.29 is 19.4 Å². The summed E-state index contributed by atoms with van der Waals surface area (Å²) >= 11 is 0. The molecule has 0 fully saturated rings. The molecule has 1 amide bonds. The molecule has 28 heavy (non-hydrogen) atoms. The molecule has 1 spiro atoms. The van der Waals surface area contributed by atoms with Crippen LogP contribution >= 0.6 is 0 Å². The highest BCUT2D eigenvalue weighted by Gasteiger charge is 2.53. The highest BCUT2D eigenvalue weighted by atomic mass is 16.5. The van der Waals surface area contributed by atoms with Crippen LogP contribution in [0.4, 0.5) is 0 Å². The number of aliphatic hydroxyl groups is 1. The van der Waals surface area contributed by atoms with Crippen molar-refractivity contribution in [2.75, 3.05) is 13.7 Å². The lowest BCUT2D eigenvalue weighted by atomic mass is 9.69. The molecule has 0 bridgehead atoms. The number of carbonyl (C=O) groups is 1. The quantitative estimate of drug-likeness (QED) is 0.770. The van der Waals surface area contributed by atoms with Crippen molar-refractivity contribution in [3.05, 3.63) is 59.5 Å². The number of benzene rings is 1. The lowest BCUT2D eigenvalue weighted by molar-refractivity contribution is -0.128. The van der Waals surface area contributed by atoms with E-state index in [0.29, 0.717) is 31.7 Å². The van der Waals surface area contributed by atoms with Crippen molar-refractivity contribution in [2.45, 2.75) is 43.4 Å². The Morgan fingerprint density at radius 3 is 3.11 bits per heavy atom. The summed E-state index contributed by atoms with van der Waals surface area (Å²) in [4.78, 5) is 15.1. The molecule has 1 aromatic carbocycles. The zero-order valence-corrected chi connectivity index (χ0v) is 15.9. The topological polar surface area (TPSA) is 71.0 Å². The van der Waals surface area contributed by atoms with Crippen LogP contribution in [0.1, 0.15) is 30.4 Å². The number of nitrogens with zero attached hydrogens (tertiary/aromatic N) is 1. The van der Waals surface area contributed by atoms with Gasteiger partial charge in [-0.1, -0.05) is 24.3 Å². The van der Waals surface area contributed by atoms with Crippen molar-refractivity contribution in [3.63, 3.8) is 0 Å². The molecule has 146 valence electrons. The molecule has 0 aromatic heterocycles. The minimum atomic E-state index is -0.509. The molecule has 4 aliphatic rings. The van der Waals surface area contributed by atoms with Crippen molar-refractivity contribution >= 4 is 5.91 Å². The third-order valence-corrected chi connectivity index (χ3v) is 6.33. The summed E-state index contributed by atoms with van der Waals surface area (Å²) in [7, 11) is 1.64. The SMILES string of the molecule is COc1ccc2c3c1O[C@H]1C[C@@H](O)C=CC31CCN(C(=O)C1=CNC=CC1)C2. The molecule has 1 aliphatic carbocycles. The highest BCUT2D eigenvalue weighted by molar-refractivity contribution is 5.94. The summed E-state index contributed by atoms with van der Waals surface area (Å²) in [5, 5.41) is 13.2. The molecule has 0 saturated heterocycles. The van der Waals surface area contributed by atoms with E-state index < -0.39 is 6.10 Å². The first kappa shape index (κ1) is 17.4. The second kappa shape index (κ2) is 6.41. The molecule has 1 aromatic rings. The number of allylic oxidation sites excluding steroid dienone is 1. The van der Waals surface area contributed by atoms with Crippen LogP contribution in [0, 0.1) is 0 Å². The highest BCUT2D eigenvalue weighted by Crippen LogP contribution is 2.55. The number of nitrogens with one attached hydrogen (secondary N) is 1. The van der Waals surface area contributed by atoms with Gasteiger partial charge in [0, 0.05) is 36.8 Å². The van der Waals surface area contributed by atoms with Gasteiger partial charge < -0.3 is 24.8 Å². The zero-order valence-electron chi connectivity index (χ0n) is 15.9. The van der Waals surface area contributed by atoms with Gasteiger partial charge in [0.05, 0.1) is 18.6 Å². The summed E-state index contributed by atoms with van der Waals surface area (Å²) in [5.74, 6) is 1.54. The average Bonchev–Trinajstić information content (AvgIpc) is 2.96. The predicted octanol–water partition coefficient (Wildman–Crippen LogP) is 2.14. The van der Waals surface area contributed by atoms with Gasteiger partial charge in [0.1, 0.15) is 6.10 Å². The number of dihydropyridines is 1. The molecule has 6 nitrogen and oxygen atoms in total. The van der Waals surface area contributed by atoms with E-state index in [-0.39, 0.29) is 17.4 Å². The van der Waals surface area contributed by atoms with Crippen molar-refractivity contribution in [3.8, 4) is 11.5 Å². The molecule has 3 heterocycles. The molecule has 3 atom stereocenters. The smallest absolute Gasteiger partial charge is 0.251 e. The molecular formula is C22H24N2O4. The van der Waals surface area contributed by atoms with Crippen molar-refractivity contribution in [2.24, 2.45) is 0 Å². The maximum Gasteiger partial charge on any atom is 0.251 e. The molecule has 6 heteroatoms. The van der Waals surface area contributed by atoms with Gasteiger partial charge in [0.25, 0.3) is 5.91 Å². The average molecular weight is 380 g/mol. The number of ether oxygens (including phenoxy) is 2. The number of amides is 1. The first-order valence-electron chi connectivity index (χ1n) is 9.76. The van der Waals surface area contributed by atoms with Gasteiger partial charge in [-0.25, -0.2) is 0 Å². The van der Waals surface area contributed by atoms with Gasteiger partial charge in [-0.05, 0) is 30.7 Å². The normalized spacial score (nSPS) is 29.8. The number of methoxy groups -OCH3 is 1. The fourth-order valence-electron chi connectivity index (χ4n) is 4.92. The van der Waals surface area contributed by atoms with Gasteiger partial charge in [0.2, 0.25) is 0 Å². The van der Waals surface area contributed by atoms with Crippen LogP contribution in [-0.2, 0) is 16.8 Å². The summed E-state index contributed by atoms with van der Waals surface area (Å²) in [6.07, 6.45) is 10.9. The Hall–Kier alpha value is -2.73. The van der Waals surface area contributed by atoms with Gasteiger partial charge in [-0.3, -0.25) is 4.79 Å². The van der Waals surface area contributed by atoms with Gasteiger partial charge in [0.15, 0.2) is 11.5 Å². The first-order chi connectivity index (χ1) is 13.6. The number of rotatable bonds is 2. The van der Waals surface area contributed by atoms with E-state index in [1.54, 1.807) is 13.3 Å². The minimum Gasteiger partial charge on any atom is -0.493 e. The van der Waals surface area contributed by atoms with Gasteiger partial charge >= 0.3 is 0 Å². The fraction of sp³-hybridized carbons (Fsp3) is 0.409. The summed E-state index contributed by atoms with van der Waals surface area (Å²) < 4.78 is 11.9. The molecular weight excluding hydrogens is 356 g/mol.